The molecule has 0 saturated heterocycles. The molecule has 2 N–H and O–H groups in total. The number of hydrogen-bond acceptors (Lipinski definition) is 6. The van der Waals surface area contributed by atoms with Crippen molar-refractivity contribution in [2.45, 2.75) is 6.42 Å². The number of benzene rings is 2. The zero-order chi connectivity index (χ0) is 19.1. The minimum atomic E-state index is 0.453. The van der Waals surface area contributed by atoms with Gasteiger partial charge in [0.25, 0.3) is 0 Å². The van der Waals surface area contributed by atoms with Crippen molar-refractivity contribution in [3.05, 3.63) is 59.1 Å². The van der Waals surface area contributed by atoms with Crippen LogP contribution in [-0.2, 0) is 0 Å². The number of hydrogen-bond donors (Lipinski definition) is 2. The number of halogens is 1. The molecule has 0 saturated carbocycles. The second-order valence-electron chi connectivity index (χ2n) is 6.42. The highest BCUT2D eigenvalue weighted by Crippen LogP contribution is 2.21. The maximum Gasteiger partial charge on any atom is 0.246 e. The Morgan fingerprint density at radius 1 is 1.07 bits per heavy atom. The van der Waals surface area contributed by atoms with E-state index in [9.17, 15) is 0 Å². The van der Waals surface area contributed by atoms with E-state index in [1.165, 1.54) is 0 Å². The molecule has 0 aliphatic rings. The van der Waals surface area contributed by atoms with E-state index in [1.807, 2.05) is 48.5 Å². The number of hydrazone groups is 1. The van der Waals surface area contributed by atoms with E-state index in [-0.39, 0.29) is 0 Å². The third-order valence-electron chi connectivity index (χ3n) is 3.93. The van der Waals surface area contributed by atoms with Crippen LogP contribution in [0.25, 0.3) is 10.9 Å². The maximum atomic E-state index is 5.89. The van der Waals surface area contributed by atoms with Crippen LogP contribution in [0, 0.1) is 0 Å². The second kappa shape index (κ2) is 9.30. The maximum absolute atomic E-state index is 5.89. The van der Waals surface area contributed by atoms with Crippen LogP contribution in [0.15, 0.2) is 53.6 Å². The molecule has 1 heterocycles. The first-order valence-electron chi connectivity index (χ1n) is 8.82. The van der Waals surface area contributed by atoms with Crippen LogP contribution >= 0.6 is 11.6 Å². The van der Waals surface area contributed by atoms with Crippen LogP contribution in [0.4, 0.5) is 11.8 Å². The minimum Gasteiger partial charge on any atom is -0.369 e. The fraction of sp³-hybridized carbons (Fsp3) is 0.250. The van der Waals surface area contributed by atoms with Gasteiger partial charge in [0.15, 0.2) is 0 Å². The number of nitrogens with zero attached hydrogens (tertiary/aromatic N) is 4. The first-order chi connectivity index (χ1) is 13.1. The number of aromatic nitrogens is 2. The predicted octanol–water partition coefficient (Wildman–Crippen LogP) is 4.09. The topological polar surface area (TPSA) is 65.4 Å². The molecule has 0 spiro atoms. The van der Waals surface area contributed by atoms with E-state index in [4.69, 9.17) is 11.6 Å². The van der Waals surface area contributed by atoms with E-state index in [2.05, 4.69) is 44.8 Å². The Kier molecular flexibility index (Phi) is 6.57. The summed E-state index contributed by atoms with van der Waals surface area (Å²) >= 11 is 5.89. The number of fused-ring (bicyclic) bond motifs is 1. The summed E-state index contributed by atoms with van der Waals surface area (Å²) in [6, 6.07) is 15.4. The molecule has 0 amide bonds. The molecule has 0 unspecified atom stereocenters. The van der Waals surface area contributed by atoms with Crippen molar-refractivity contribution in [1.82, 2.24) is 14.9 Å². The van der Waals surface area contributed by atoms with Gasteiger partial charge in [-0.05, 0) is 56.9 Å². The second-order valence-corrected chi connectivity index (χ2v) is 6.85. The van der Waals surface area contributed by atoms with E-state index in [0.717, 1.165) is 41.8 Å². The third-order valence-corrected chi connectivity index (χ3v) is 4.18. The van der Waals surface area contributed by atoms with E-state index >= 15 is 0 Å². The SMILES string of the molecule is CN(C)CCCNc1nc(N/N=C/c2ccc(Cl)cc2)nc2ccccc12. The molecule has 3 aromatic rings. The smallest absolute Gasteiger partial charge is 0.246 e. The molecule has 1 aromatic heterocycles. The highest BCUT2D eigenvalue weighted by molar-refractivity contribution is 6.30. The summed E-state index contributed by atoms with van der Waals surface area (Å²) < 4.78 is 0. The first kappa shape index (κ1) is 19.1. The molecule has 140 valence electrons. The van der Waals surface area contributed by atoms with Gasteiger partial charge in [0.2, 0.25) is 5.95 Å². The highest BCUT2D eigenvalue weighted by atomic mass is 35.5. The van der Waals surface area contributed by atoms with Crippen molar-refractivity contribution in [1.29, 1.82) is 0 Å². The van der Waals surface area contributed by atoms with Gasteiger partial charge in [-0.25, -0.2) is 10.4 Å². The Morgan fingerprint density at radius 3 is 2.63 bits per heavy atom. The van der Waals surface area contributed by atoms with Crippen LogP contribution in [0.1, 0.15) is 12.0 Å². The summed E-state index contributed by atoms with van der Waals surface area (Å²) in [5, 5.41) is 9.34. The molecule has 7 heteroatoms. The van der Waals surface area contributed by atoms with Crippen molar-refractivity contribution >= 4 is 40.5 Å². The summed E-state index contributed by atoms with van der Waals surface area (Å²) in [6.45, 7) is 1.86. The molecule has 27 heavy (non-hydrogen) atoms. The van der Waals surface area contributed by atoms with Crippen LogP contribution < -0.4 is 10.7 Å². The van der Waals surface area contributed by atoms with Gasteiger partial charge >= 0.3 is 0 Å². The Hall–Kier alpha value is -2.70. The average molecular weight is 383 g/mol. The number of anilines is 2. The third kappa shape index (κ3) is 5.64. The lowest BCUT2D eigenvalue weighted by Gasteiger charge is -2.12. The number of nitrogens with one attached hydrogen (secondary N) is 2. The lowest BCUT2D eigenvalue weighted by atomic mass is 10.2. The van der Waals surface area contributed by atoms with Gasteiger partial charge in [0.05, 0.1) is 11.7 Å². The summed E-state index contributed by atoms with van der Waals surface area (Å²) in [4.78, 5) is 11.3. The van der Waals surface area contributed by atoms with Crippen LogP contribution in [0.3, 0.4) is 0 Å². The van der Waals surface area contributed by atoms with Crippen molar-refractivity contribution in [3.63, 3.8) is 0 Å². The normalized spacial score (nSPS) is 11.4. The molecule has 3 rings (SSSR count). The fourth-order valence-corrected chi connectivity index (χ4v) is 2.70. The molecule has 0 aliphatic heterocycles. The molecule has 0 atom stereocenters. The Bertz CT molecular complexity index is 908. The van der Waals surface area contributed by atoms with Gasteiger partial charge in [-0.15, -0.1) is 0 Å². The van der Waals surface area contributed by atoms with Gasteiger partial charge in [-0.3, -0.25) is 0 Å². The average Bonchev–Trinajstić information content (AvgIpc) is 2.66. The van der Waals surface area contributed by atoms with E-state index < -0.39 is 0 Å². The monoisotopic (exact) mass is 382 g/mol. The van der Waals surface area contributed by atoms with Crippen molar-refractivity contribution in [2.75, 3.05) is 37.9 Å². The molecular formula is C20H23ClN6. The summed E-state index contributed by atoms with van der Waals surface area (Å²) in [7, 11) is 4.14. The van der Waals surface area contributed by atoms with Gasteiger partial charge in [-0.1, -0.05) is 35.9 Å². The predicted molar refractivity (Wildman–Crippen MR) is 114 cm³/mol. The number of rotatable bonds is 8. The van der Waals surface area contributed by atoms with Crippen LogP contribution in [0.5, 0.6) is 0 Å². The Labute approximate surface area is 164 Å². The van der Waals surface area contributed by atoms with Crippen molar-refractivity contribution in [2.24, 2.45) is 5.10 Å². The Balaban J connectivity index is 1.73. The lowest BCUT2D eigenvalue weighted by Crippen LogP contribution is -2.17. The standard InChI is InChI=1S/C20H23ClN6/c1-27(2)13-5-12-22-19-17-6-3-4-7-18(17)24-20(25-19)26-23-14-15-8-10-16(21)11-9-15/h3-4,6-11,14H,5,12-13H2,1-2H3,(H2,22,24,25,26)/b23-14+. The number of para-hydroxylation sites is 1. The molecule has 0 bridgehead atoms. The molecule has 0 radical (unpaired) electrons. The Morgan fingerprint density at radius 2 is 1.85 bits per heavy atom. The van der Waals surface area contributed by atoms with Gasteiger partial charge < -0.3 is 10.2 Å². The first-order valence-corrected chi connectivity index (χ1v) is 9.19. The molecule has 0 aliphatic carbocycles. The van der Waals surface area contributed by atoms with E-state index in [1.54, 1.807) is 6.21 Å². The molecule has 2 aromatic carbocycles. The van der Waals surface area contributed by atoms with Crippen molar-refractivity contribution in [3.8, 4) is 0 Å². The van der Waals surface area contributed by atoms with Gasteiger partial charge in [0.1, 0.15) is 5.82 Å². The zero-order valence-corrected chi connectivity index (χ0v) is 16.2. The quantitative estimate of drug-likeness (QED) is 0.349. The summed E-state index contributed by atoms with van der Waals surface area (Å²) in [5.74, 6) is 1.26. The summed E-state index contributed by atoms with van der Waals surface area (Å²) in [6.07, 6.45) is 2.74. The molecule has 0 fully saturated rings. The fourth-order valence-electron chi connectivity index (χ4n) is 2.58. The van der Waals surface area contributed by atoms with Crippen LogP contribution in [-0.4, -0.2) is 48.3 Å². The van der Waals surface area contributed by atoms with Crippen LogP contribution in [0.2, 0.25) is 5.02 Å². The molecular weight excluding hydrogens is 360 g/mol. The van der Waals surface area contributed by atoms with Gasteiger partial charge in [-0.2, -0.15) is 10.1 Å². The largest absolute Gasteiger partial charge is 0.369 e. The molecule has 6 nitrogen and oxygen atoms in total. The minimum absolute atomic E-state index is 0.453. The zero-order valence-electron chi connectivity index (χ0n) is 15.5. The lowest BCUT2D eigenvalue weighted by molar-refractivity contribution is 0.405. The van der Waals surface area contributed by atoms with E-state index in [0.29, 0.717) is 11.0 Å². The van der Waals surface area contributed by atoms with Gasteiger partial charge in [0, 0.05) is 17.0 Å². The highest BCUT2D eigenvalue weighted by Gasteiger charge is 2.06. The van der Waals surface area contributed by atoms with Crippen molar-refractivity contribution < 1.29 is 0 Å². The summed E-state index contributed by atoms with van der Waals surface area (Å²) in [5.41, 5.74) is 4.72.